The highest BCUT2D eigenvalue weighted by atomic mass is 16.6. The number of benzene rings is 3. The highest BCUT2D eigenvalue weighted by Crippen LogP contribution is 2.30. The predicted molar refractivity (Wildman–Crippen MR) is 203 cm³/mol. The number of carboxylic acid groups (broad SMARTS) is 2. The van der Waals surface area contributed by atoms with Crippen LogP contribution in [0.25, 0.3) is 16.6 Å². The smallest absolute Gasteiger partial charge is 0.414 e. The van der Waals surface area contributed by atoms with E-state index in [0.717, 1.165) is 54.0 Å². The predicted octanol–water partition coefficient (Wildman–Crippen LogP) is 7.53. The van der Waals surface area contributed by atoms with Crippen molar-refractivity contribution < 1.29 is 39.0 Å². The summed E-state index contributed by atoms with van der Waals surface area (Å²) in [5.41, 5.74) is 7.46. The highest BCUT2D eigenvalue weighted by Gasteiger charge is 2.21. The van der Waals surface area contributed by atoms with Crippen LogP contribution in [-0.2, 0) is 21.0 Å². The van der Waals surface area contributed by atoms with Crippen LogP contribution in [0.5, 0.6) is 5.75 Å². The molecule has 0 aliphatic carbocycles. The Hall–Kier alpha value is -5.78. The number of aliphatic carboxylic acids is 2. The Balaban J connectivity index is 0.000000964. The van der Waals surface area contributed by atoms with Crippen LogP contribution >= 0.6 is 0 Å². The number of amides is 1. The summed E-state index contributed by atoms with van der Waals surface area (Å²) >= 11 is 0. The minimum atomic E-state index is -1.82. The number of nitrogens with one attached hydrogen (secondary N) is 1. The third-order valence-electron chi connectivity index (χ3n) is 8.42. The van der Waals surface area contributed by atoms with Gasteiger partial charge in [-0.3, -0.25) is 14.4 Å². The third-order valence-corrected chi connectivity index (χ3v) is 8.42. The summed E-state index contributed by atoms with van der Waals surface area (Å²) in [5, 5.41) is 14.8. The second kappa shape index (κ2) is 20.9. The number of carboxylic acids is 2. The first kappa shape index (κ1) is 40.0. The molecule has 53 heavy (non-hydrogen) atoms. The molecule has 0 radical (unpaired) electrons. The maximum atomic E-state index is 14.1. The van der Waals surface area contributed by atoms with Gasteiger partial charge in [0.1, 0.15) is 11.4 Å². The number of ether oxygens (including phenoxy) is 1. The molecule has 0 unspecified atom stereocenters. The Morgan fingerprint density at radius 3 is 1.92 bits per heavy atom. The van der Waals surface area contributed by atoms with Gasteiger partial charge in [0.15, 0.2) is 0 Å². The summed E-state index contributed by atoms with van der Waals surface area (Å²) in [5.74, 6) is -3.36. The van der Waals surface area contributed by atoms with Crippen LogP contribution < -0.4 is 10.2 Å². The van der Waals surface area contributed by atoms with Crippen molar-refractivity contribution in [1.82, 2.24) is 14.8 Å². The zero-order valence-electron chi connectivity index (χ0n) is 30.2. The summed E-state index contributed by atoms with van der Waals surface area (Å²) in [6.45, 7) is 8.68. The van der Waals surface area contributed by atoms with Crippen LogP contribution in [0.1, 0.15) is 77.9 Å². The van der Waals surface area contributed by atoms with E-state index in [2.05, 4.69) is 24.2 Å². The minimum absolute atomic E-state index is 0.110. The highest BCUT2D eigenvalue weighted by molar-refractivity contribution is 6.27. The summed E-state index contributed by atoms with van der Waals surface area (Å²) in [6, 6.07) is 32.3. The molecule has 278 valence electrons. The fourth-order valence-corrected chi connectivity index (χ4v) is 5.62. The number of carbonyl (C=O) groups is 4. The lowest BCUT2D eigenvalue weighted by Gasteiger charge is -2.21. The topological polar surface area (TPSA) is 147 Å². The fourth-order valence-electron chi connectivity index (χ4n) is 5.62. The average Bonchev–Trinajstić information content (AvgIpc) is 3.57. The molecule has 0 aliphatic heterocycles. The molecule has 11 nitrogen and oxygen atoms in total. The molecule has 0 fully saturated rings. The molecule has 11 heteroatoms. The summed E-state index contributed by atoms with van der Waals surface area (Å²) < 4.78 is 7.90. The van der Waals surface area contributed by atoms with Gasteiger partial charge in [-0.2, -0.15) is 0 Å². The van der Waals surface area contributed by atoms with E-state index in [0.29, 0.717) is 23.4 Å². The van der Waals surface area contributed by atoms with E-state index in [9.17, 15) is 9.59 Å². The molecule has 3 N–H and O–H groups in total. The van der Waals surface area contributed by atoms with Crippen molar-refractivity contribution in [2.75, 3.05) is 26.2 Å². The van der Waals surface area contributed by atoms with Gasteiger partial charge in [-0.25, -0.2) is 15.1 Å². The van der Waals surface area contributed by atoms with E-state index in [4.69, 9.17) is 29.4 Å². The zero-order chi connectivity index (χ0) is 38.0. The first-order valence-electron chi connectivity index (χ1n) is 17.8. The lowest BCUT2D eigenvalue weighted by molar-refractivity contribution is -0.159. The van der Waals surface area contributed by atoms with E-state index < -0.39 is 11.9 Å². The molecule has 0 bridgehead atoms. The van der Waals surface area contributed by atoms with Crippen molar-refractivity contribution in [3.63, 3.8) is 0 Å². The quantitative estimate of drug-likeness (QED) is 0.0362. The van der Waals surface area contributed by atoms with Gasteiger partial charge >= 0.3 is 11.9 Å². The summed E-state index contributed by atoms with van der Waals surface area (Å²) in [6.07, 6.45) is 7.60. The largest absolute Gasteiger partial charge is 0.494 e. The van der Waals surface area contributed by atoms with Crippen LogP contribution in [0, 0.1) is 0 Å². The van der Waals surface area contributed by atoms with Crippen molar-refractivity contribution in [2.24, 2.45) is 0 Å². The molecule has 0 atom stereocenters. The second-order valence-electron chi connectivity index (χ2n) is 12.4. The molecule has 3 aromatic carbocycles. The zero-order valence-corrected chi connectivity index (χ0v) is 30.2. The fraction of sp³-hybridized carbons (Fsp3) is 0.286. The Bertz CT molecular complexity index is 1910. The Kier molecular flexibility index (Phi) is 15.8. The number of unbranched alkanes of at least 4 members (excludes halogenated alkanes) is 2. The summed E-state index contributed by atoms with van der Waals surface area (Å²) in [7, 11) is 0. The minimum Gasteiger partial charge on any atom is -0.494 e. The molecule has 0 spiro atoms. The van der Waals surface area contributed by atoms with Gasteiger partial charge in [0.2, 0.25) is 5.78 Å². The monoisotopic (exact) mass is 721 g/mol. The van der Waals surface area contributed by atoms with Crippen molar-refractivity contribution in [1.29, 1.82) is 0 Å². The van der Waals surface area contributed by atoms with Gasteiger partial charge in [0.05, 0.1) is 13.2 Å². The van der Waals surface area contributed by atoms with Gasteiger partial charge in [-0.1, -0.05) is 87.4 Å². The van der Waals surface area contributed by atoms with Crippen molar-refractivity contribution in [2.45, 2.75) is 52.6 Å². The van der Waals surface area contributed by atoms with Gasteiger partial charge < -0.3 is 24.3 Å². The Morgan fingerprint density at radius 1 is 0.717 bits per heavy atom. The number of ketones is 1. The SMILES string of the molecule is CCCCN(CCCC)CCCOc1ccc(C(=O)c2c(-c3ccccc3)cc3cc(C(=O)NOCc4ccccc4)ccn23)cc1.O=C(O)C(=O)O. The normalized spacial score (nSPS) is 10.8. The molecule has 0 aliphatic rings. The van der Waals surface area contributed by atoms with Gasteiger partial charge in [0.25, 0.3) is 5.91 Å². The number of carbonyl (C=O) groups excluding carboxylic acids is 2. The Morgan fingerprint density at radius 2 is 1.32 bits per heavy atom. The molecular formula is C42H47N3O8. The number of hydrogen-bond acceptors (Lipinski definition) is 7. The molecular weight excluding hydrogens is 674 g/mol. The standard InChI is InChI=1S/C40H45N3O4.C2H2O4/c1-3-5-23-42(24-6-4-2)25-13-27-46-36-20-18-33(19-21-36)39(44)38-37(32-16-11-8-12-17-32)29-35-28-34(22-26-43(35)38)40(45)41-47-30-31-14-9-7-10-15-31;3-1(4)2(5)6/h7-12,14-22,26,28-29H,3-6,13,23-25,27,30H2,1-2H3,(H,41,45);(H,3,4)(H,5,6). The van der Waals surface area contributed by atoms with Gasteiger partial charge in [-0.15, -0.1) is 0 Å². The first-order valence-corrected chi connectivity index (χ1v) is 17.8. The number of hydrogen-bond donors (Lipinski definition) is 3. The number of hydroxylamine groups is 1. The summed E-state index contributed by atoms with van der Waals surface area (Å²) in [4.78, 5) is 53.2. The lowest BCUT2D eigenvalue weighted by atomic mass is 10.0. The average molecular weight is 722 g/mol. The maximum absolute atomic E-state index is 14.1. The Labute approximate surface area is 309 Å². The van der Waals surface area contributed by atoms with Crippen LogP contribution in [-0.4, -0.2) is 69.4 Å². The number of rotatable bonds is 18. The van der Waals surface area contributed by atoms with E-state index in [1.165, 1.54) is 25.7 Å². The first-order chi connectivity index (χ1) is 25.7. The van der Waals surface area contributed by atoms with Gasteiger partial charge in [-0.05, 0) is 85.9 Å². The van der Waals surface area contributed by atoms with Crippen molar-refractivity contribution >= 4 is 29.1 Å². The van der Waals surface area contributed by atoms with Crippen LogP contribution in [0.4, 0.5) is 0 Å². The molecule has 5 aromatic rings. The van der Waals surface area contributed by atoms with Crippen LogP contribution in [0.2, 0.25) is 0 Å². The number of pyridine rings is 1. The second-order valence-corrected chi connectivity index (χ2v) is 12.4. The number of aromatic nitrogens is 1. The van der Waals surface area contributed by atoms with Crippen LogP contribution in [0.3, 0.4) is 0 Å². The van der Waals surface area contributed by atoms with Crippen molar-refractivity contribution in [3.8, 4) is 16.9 Å². The number of nitrogens with zero attached hydrogens (tertiary/aromatic N) is 2. The molecule has 0 saturated heterocycles. The lowest BCUT2D eigenvalue weighted by Crippen LogP contribution is -2.28. The molecule has 2 heterocycles. The van der Waals surface area contributed by atoms with E-state index in [1.807, 2.05) is 95.4 Å². The van der Waals surface area contributed by atoms with Crippen LogP contribution in [0.15, 0.2) is 109 Å². The third kappa shape index (κ3) is 12.2. The molecule has 0 saturated carbocycles. The van der Waals surface area contributed by atoms with E-state index >= 15 is 0 Å². The molecule has 1 amide bonds. The molecule has 5 rings (SSSR count). The van der Waals surface area contributed by atoms with E-state index in [1.54, 1.807) is 18.3 Å². The molecule has 2 aromatic heterocycles. The van der Waals surface area contributed by atoms with Crippen molar-refractivity contribution in [3.05, 3.63) is 132 Å². The number of fused-ring (bicyclic) bond motifs is 1. The van der Waals surface area contributed by atoms with Gasteiger partial charge in [0, 0.05) is 34.9 Å². The maximum Gasteiger partial charge on any atom is 0.414 e. The van der Waals surface area contributed by atoms with E-state index in [-0.39, 0.29) is 18.3 Å².